The van der Waals surface area contributed by atoms with Gasteiger partial charge in [-0.2, -0.15) is 0 Å². The van der Waals surface area contributed by atoms with Gasteiger partial charge in [0.25, 0.3) is 0 Å². The number of nitrogens with one attached hydrogen (secondary N) is 1. The third-order valence-electron chi connectivity index (χ3n) is 3.16. The summed E-state index contributed by atoms with van der Waals surface area (Å²) in [4.78, 5) is 22.4. The van der Waals surface area contributed by atoms with Crippen LogP contribution in [0.1, 0.15) is 30.7 Å². The van der Waals surface area contributed by atoms with Crippen LogP contribution in [0.2, 0.25) is 0 Å². The molecule has 1 aromatic rings. The molecule has 96 valence electrons. The molecule has 0 saturated heterocycles. The van der Waals surface area contributed by atoms with Crippen LogP contribution in [0, 0.1) is 5.92 Å². The summed E-state index contributed by atoms with van der Waals surface area (Å²) in [6.45, 7) is 0.394. The monoisotopic (exact) mass is 247 g/mol. The molecule has 0 aromatic heterocycles. The summed E-state index contributed by atoms with van der Waals surface area (Å²) in [6.07, 6.45) is 1.95. The first-order chi connectivity index (χ1) is 8.66. The number of rotatable bonds is 6. The van der Waals surface area contributed by atoms with E-state index in [1.165, 1.54) is 0 Å². The number of carbonyl (C=O) groups excluding carboxylic acids is 1. The fraction of sp³-hybridized carbons (Fsp3) is 0.429. The highest BCUT2D eigenvalue weighted by Gasteiger charge is 2.30. The highest BCUT2D eigenvalue weighted by Crippen LogP contribution is 2.29. The van der Waals surface area contributed by atoms with Gasteiger partial charge in [-0.25, -0.2) is 0 Å². The lowest BCUT2D eigenvalue weighted by Crippen LogP contribution is -2.30. The number of carbonyl (C=O) groups is 2. The molecule has 4 nitrogen and oxygen atoms in total. The maximum Gasteiger partial charge on any atom is 0.304 e. The van der Waals surface area contributed by atoms with Gasteiger partial charge >= 0.3 is 5.97 Å². The number of benzene rings is 1. The zero-order chi connectivity index (χ0) is 13.0. The third kappa shape index (κ3) is 3.58. The van der Waals surface area contributed by atoms with Crippen LogP contribution in [-0.2, 0) is 9.59 Å². The molecular weight excluding hydrogens is 230 g/mol. The first-order valence-electron chi connectivity index (χ1n) is 6.21. The molecule has 0 unspecified atom stereocenters. The Morgan fingerprint density at radius 1 is 1.28 bits per heavy atom. The number of carboxylic acids is 1. The molecule has 0 spiro atoms. The van der Waals surface area contributed by atoms with Crippen LogP contribution in [0.4, 0.5) is 0 Å². The van der Waals surface area contributed by atoms with Crippen molar-refractivity contribution in [3.05, 3.63) is 35.9 Å². The van der Waals surface area contributed by atoms with E-state index in [-0.39, 0.29) is 24.2 Å². The summed E-state index contributed by atoms with van der Waals surface area (Å²) in [5.74, 6) is -0.788. The molecule has 0 radical (unpaired) electrons. The average Bonchev–Trinajstić information content (AvgIpc) is 3.19. The Morgan fingerprint density at radius 3 is 2.50 bits per heavy atom. The van der Waals surface area contributed by atoms with Crippen molar-refractivity contribution in [2.24, 2.45) is 5.92 Å². The SMILES string of the molecule is O=C(O)C[C@@H](CNC(=O)C1CC1)c1ccccc1. The molecule has 0 heterocycles. The van der Waals surface area contributed by atoms with E-state index in [2.05, 4.69) is 5.32 Å². The Morgan fingerprint density at radius 2 is 1.94 bits per heavy atom. The smallest absolute Gasteiger partial charge is 0.304 e. The number of hydrogen-bond donors (Lipinski definition) is 2. The summed E-state index contributed by atoms with van der Waals surface area (Å²) in [7, 11) is 0. The average molecular weight is 247 g/mol. The van der Waals surface area contributed by atoms with Gasteiger partial charge in [0.15, 0.2) is 0 Å². The van der Waals surface area contributed by atoms with Crippen LogP contribution < -0.4 is 5.32 Å². The Balaban J connectivity index is 1.96. The van der Waals surface area contributed by atoms with E-state index in [9.17, 15) is 9.59 Å². The van der Waals surface area contributed by atoms with Crippen molar-refractivity contribution in [3.8, 4) is 0 Å². The molecule has 1 aliphatic carbocycles. The van der Waals surface area contributed by atoms with Crippen molar-refractivity contribution < 1.29 is 14.7 Å². The van der Waals surface area contributed by atoms with Gasteiger partial charge in [0, 0.05) is 18.4 Å². The summed E-state index contributed by atoms with van der Waals surface area (Å²) in [6, 6.07) is 9.46. The van der Waals surface area contributed by atoms with Crippen LogP contribution in [0.5, 0.6) is 0 Å². The molecule has 1 saturated carbocycles. The van der Waals surface area contributed by atoms with Crippen molar-refractivity contribution in [1.82, 2.24) is 5.32 Å². The third-order valence-corrected chi connectivity index (χ3v) is 3.16. The van der Waals surface area contributed by atoms with Crippen LogP contribution in [0.3, 0.4) is 0 Å². The molecule has 1 aliphatic rings. The molecule has 0 aliphatic heterocycles. The number of carboxylic acid groups (broad SMARTS) is 1. The molecule has 18 heavy (non-hydrogen) atoms. The summed E-state index contributed by atoms with van der Waals surface area (Å²) in [5, 5.41) is 11.8. The Kier molecular flexibility index (Phi) is 3.97. The highest BCUT2D eigenvalue weighted by molar-refractivity contribution is 5.81. The van der Waals surface area contributed by atoms with Crippen LogP contribution >= 0.6 is 0 Å². The number of aliphatic carboxylic acids is 1. The standard InChI is InChI=1S/C14H17NO3/c16-13(17)8-12(10-4-2-1-3-5-10)9-15-14(18)11-6-7-11/h1-5,11-12H,6-9H2,(H,15,18)(H,16,17)/t12-/m0/s1. The van der Waals surface area contributed by atoms with Crippen molar-refractivity contribution in [1.29, 1.82) is 0 Å². The molecule has 4 heteroatoms. The minimum atomic E-state index is -0.843. The molecule has 1 fully saturated rings. The molecular formula is C14H17NO3. The fourth-order valence-corrected chi connectivity index (χ4v) is 1.96. The van der Waals surface area contributed by atoms with Gasteiger partial charge in [-0.1, -0.05) is 30.3 Å². The number of hydrogen-bond acceptors (Lipinski definition) is 2. The summed E-state index contributed by atoms with van der Waals surface area (Å²) >= 11 is 0. The molecule has 0 bridgehead atoms. The van der Waals surface area contributed by atoms with Crippen molar-refractivity contribution in [2.75, 3.05) is 6.54 Å². The lowest BCUT2D eigenvalue weighted by atomic mass is 9.95. The maximum absolute atomic E-state index is 11.6. The summed E-state index contributed by atoms with van der Waals surface area (Å²) in [5.41, 5.74) is 0.955. The minimum absolute atomic E-state index is 0.0367. The first-order valence-corrected chi connectivity index (χ1v) is 6.21. The summed E-state index contributed by atoms with van der Waals surface area (Å²) < 4.78 is 0. The topological polar surface area (TPSA) is 66.4 Å². The fourth-order valence-electron chi connectivity index (χ4n) is 1.96. The largest absolute Gasteiger partial charge is 0.481 e. The van der Waals surface area contributed by atoms with E-state index >= 15 is 0 Å². The Hall–Kier alpha value is -1.84. The van der Waals surface area contributed by atoms with Gasteiger partial charge in [-0.05, 0) is 18.4 Å². The van der Waals surface area contributed by atoms with Gasteiger partial charge in [0.1, 0.15) is 0 Å². The molecule has 2 N–H and O–H groups in total. The van der Waals surface area contributed by atoms with E-state index in [4.69, 9.17) is 5.11 Å². The quantitative estimate of drug-likeness (QED) is 0.805. The molecule has 1 amide bonds. The van der Waals surface area contributed by atoms with E-state index in [0.29, 0.717) is 6.54 Å². The second kappa shape index (κ2) is 5.67. The van der Waals surface area contributed by atoms with Crippen LogP contribution in [-0.4, -0.2) is 23.5 Å². The number of amides is 1. The van der Waals surface area contributed by atoms with Gasteiger partial charge in [0.05, 0.1) is 6.42 Å². The maximum atomic E-state index is 11.6. The van der Waals surface area contributed by atoms with E-state index in [1.54, 1.807) is 0 Å². The lowest BCUT2D eigenvalue weighted by Gasteiger charge is -2.16. The van der Waals surface area contributed by atoms with Crippen molar-refractivity contribution in [3.63, 3.8) is 0 Å². The van der Waals surface area contributed by atoms with Crippen LogP contribution in [0.15, 0.2) is 30.3 Å². The van der Waals surface area contributed by atoms with Gasteiger partial charge in [-0.15, -0.1) is 0 Å². The first kappa shape index (κ1) is 12.6. The van der Waals surface area contributed by atoms with Gasteiger partial charge in [0.2, 0.25) is 5.91 Å². The van der Waals surface area contributed by atoms with Gasteiger partial charge in [-0.3, -0.25) is 9.59 Å². The molecule has 2 rings (SSSR count). The predicted octanol–water partition coefficient (Wildman–Crippen LogP) is 1.77. The van der Waals surface area contributed by atoms with E-state index < -0.39 is 5.97 Å². The van der Waals surface area contributed by atoms with E-state index in [0.717, 1.165) is 18.4 Å². The van der Waals surface area contributed by atoms with Crippen LogP contribution in [0.25, 0.3) is 0 Å². The second-order valence-electron chi connectivity index (χ2n) is 4.72. The van der Waals surface area contributed by atoms with Crippen molar-refractivity contribution >= 4 is 11.9 Å². The highest BCUT2D eigenvalue weighted by atomic mass is 16.4. The second-order valence-corrected chi connectivity index (χ2v) is 4.72. The normalized spacial score (nSPS) is 16.0. The zero-order valence-electron chi connectivity index (χ0n) is 10.1. The van der Waals surface area contributed by atoms with Crippen molar-refractivity contribution in [2.45, 2.75) is 25.2 Å². The lowest BCUT2D eigenvalue weighted by molar-refractivity contribution is -0.137. The Labute approximate surface area is 106 Å². The van der Waals surface area contributed by atoms with E-state index in [1.807, 2.05) is 30.3 Å². The molecule has 1 aromatic carbocycles. The predicted molar refractivity (Wildman–Crippen MR) is 67.2 cm³/mol. The zero-order valence-corrected chi connectivity index (χ0v) is 10.1. The van der Waals surface area contributed by atoms with Gasteiger partial charge < -0.3 is 10.4 Å². The molecule has 1 atom stereocenters. The Bertz CT molecular complexity index is 426. The minimum Gasteiger partial charge on any atom is -0.481 e.